The Morgan fingerprint density at radius 3 is 2.28 bits per heavy atom. The van der Waals surface area contributed by atoms with Crippen LogP contribution in [-0.4, -0.2) is 12.0 Å². The van der Waals surface area contributed by atoms with Crippen LogP contribution in [0.1, 0.15) is 5.56 Å². The Hall–Kier alpha value is -2.78. The van der Waals surface area contributed by atoms with Crippen molar-refractivity contribution in [3.05, 3.63) is 47.0 Å². The number of hydrogen-bond donors (Lipinski definition) is 0. The van der Waals surface area contributed by atoms with Crippen LogP contribution in [0.25, 0.3) is 11.1 Å². The standard InChI is InChI=1S/C15H6F7NO2/c1-5-10(16)9(12(18)13(19)11(5)17)6-2-3-8-7(4-6)23(22)14(24)15(20,21)25-8/h2-4H,1H3. The first-order valence-electron chi connectivity index (χ1n) is 6.60. The molecule has 0 radical (unpaired) electrons. The molecule has 1 aliphatic heterocycles. The number of carbonyl (C=O) groups is 1. The summed E-state index contributed by atoms with van der Waals surface area (Å²) in [4.78, 5) is 11.2. The molecule has 0 bridgehead atoms. The van der Waals surface area contributed by atoms with E-state index in [1.165, 1.54) is 0 Å². The summed E-state index contributed by atoms with van der Waals surface area (Å²) in [5, 5.41) is -0.953. The van der Waals surface area contributed by atoms with Crippen molar-refractivity contribution in [2.24, 2.45) is 0 Å². The summed E-state index contributed by atoms with van der Waals surface area (Å²) in [5.41, 5.74) is -3.26. The molecular weight excluding hydrogens is 359 g/mol. The topological polar surface area (TPSA) is 29.5 Å². The lowest BCUT2D eigenvalue weighted by Crippen LogP contribution is -2.47. The van der Waals surface area contributed by atoms with Gasteiger partial charge in [-0.25, -0.2) is 17.6 Å². The molecule has 0 saturated carbocycles. The molecule has 0 aromatic heterocycles. The van der Waals surface area contributed by atoms with Gasteiger partial charge in [0.1, 0.15) is 11.5 Å². The summed E-state index contributed by atoms with van der Waals surface area (Å²) < 4.78 is 99.1. The number of halogens is 7. The summed E-state index contributed by atoms with van der Waals surface area (Å²) in [6.45, 7) is 0.851. The Morgan fingerprint density at radius 1 is 1.00 bits per heavy atom. The number of carbonyl (C=O) groups excluding carboxylic acids is 1. The van der Waals surface area contributed by atoms with E-state index < -0.39 is 68.5 Å². The van der Waals surface area contributed by atoms with Crippen molar-refractivity contribution in [1.82, 2.24) is 0 Å². The van der Waals surface area contributed by atoms with E-state index in [0.717, 1.165) is 13.0 Å². The van der Waals surface area contributed by atoms with E-state index in [1.54, 1.807) is 0 Å². The first-order valence-corrected chi connectivity index (χ1v) is 6.60. The Morgan fingerprint density at radius 2 is 1.64 bits per heavy atom. The Kier molecular flexibility index (Phi) is 3.66. The summed E-state index contributed by atoms with van der Waals surface area (Å²) in [5.74, 6) is -10.2. The van der Waals surface area contributed by atoms with E-state index in [4.69, 9.17) is 0 Å². The van der Waals surface area contributed by atoms with Gasteiger partial charge in [-0.1, -0.05) is 10.5 Å². The van der Waals surface area contributed by atoms with Crippen LogP contribution in [0.2, 0.25) is 0 Å². The molecule has 0 atom stereocenters. The molecule has 2 aromatic carbocycles. The van der Waals surface area contributed by atoms with Crippen LogP contribution in [0.15, 0.2) is 18.2 Å². The molecule has 0 spiro atoms. The van der Waals surface area contributed by atoms with Crippen LogP contribution in [0.4, 0.5) is 36.5 Å². The van der Waals surface area contributed by atoms with E-state index >= 15 is 0 Å². The molecule has 0 fully saturated rings. The monoisotopic (exact) mass is 365 g/mol. The zero-order valence-electron chi connectivity index (χ0n) is 12.1. The second-order valence-corrected chi connectivity index (χ2v) is 5.14. The highest BCUT2D eigenvalue weighted by atomic mass is 19.3. The number of amides is 1. The van der Waals surface area contributed by atoms with Crippen molar-refractivity contribution < 1.29 is 40.4 Å². The molecule has 132 valence electrons. The van der Waals surface area contributed by atoms with Crippen molar-refractivity contribution in [3.8, 4) is 16.9 Å². The number of benzene rings is 2. The highest BCUT2D eigenvalue weighted by molar-refractivity contribution is 5.99. The van der Waals surface area contributed by atoms with Gasteiger partial charge in [0.15, 0.2) is 23.2 Å². The van der Waals surface area contributed by atoms with E-state index in [9.17, 15) is 35.6 Å². The lowest BCUT2D eigenvalue weighted by atomic mass is 9.99. The summed E-state index contributed by atoms with van der Waals surface area (Å²) in [6.07, 6.45) is -4.46. The van der Waals surface area contributed by atoms with Crippen LogP contribution >= 0.6 is 0 Å². The predicted octanol–water partition coefficient (Wildman–Crippen LogP) is 4.42. The lowest BCUT2D eigenvalue weighted by molar-refractivity contribution is -0.196. The smallest absolute Gasteiger partial charge is 0.423 e. The first kappa shape index (κ1) is 17.1. The second kappa shape index (κ2) is 5.36. The van der Waals surface area contributed by atoms with Gasteiger partial charge in [0.25, 0.3) is 0 Å². The predicted molar refractivity (Wildman–Crippen MR) is 70.6 cm³/mol. The van der Waals surface area contributed by atoms with Gasteiger partial charge in [-0.05, 0) is 24.6 Å². The highest BCUT2D eigenvalue weighted by Crippen LogP contribution is 2.43. The van der Waals surface area contributed by atoms with Crippen molar-refractivity contribution in [2.75, 3.05) is 5.12 Å². The van der Waals surface area contributed by atoms with Crippen LogP contribution in [0, 0.1) is 30.2 Å². The van der Waals surface area contributed by atoms with Crippen LogP contribution in [0.5, 0.6) is 5.75 Å². The first-order chi connectivity index (χ1) is 11.6. The number of nitrogens with zero attached hydrogens (tertiary/aromatic N) is 1. The molecule has 1 heterocycles. The Bertz CT molecular complexity index is 884. The molecule has 0 aliphatic carbocycles. The summed E-state index contributed by atoms with van der Waals surface area (Å²) >= 11 is 0. The maximum absolute atomic E-state index is 14.1. The summed E-state index contributed by atoms with van der Waals surface area (Å²) in [6, 6.07) is 2.14. The van der Waals surface area contributed by atoms with E-state index in [1.807, 2.05) is 0 Å². The fourth-order valence-corrected chi connectivity index (χ4v) is 2.32. The molecular formula is C15H6F7NO2. The quantitative estimate of drug-likeness (QED) is 0.324. The number of alkyl halides is 2. The van der Waals surface area contributed by atoms with Crippen LogP contribution in [-0.2, 0) is 4.79 Å². The number of fused-ring (bicyclic) bond motifs is 1. The van der Waals surface area contributed by atoms with E-state index in [0.29, 0.717) is 12.1 Å². The average Bonchev–Trinajstić information content (AvgIpc) is 2.57. The number of anilines is 1. The molecule has 1 aliphatic rings. The SMILES string of the molecule is Cc1c(F)c(F)c(F)c(-c2ccc3c(c2)N(F)C(=O)C(F)(F)O3)c1F. The molecule has 2 aromatic rings. The minimum absolute atomic E-state index is 0.514. The zero-order chi connectivity index (χ0) is 18.7. The molecule has 25 heavy (non-hydrogen) atoms. The number of rotatable bonds is 1. The van der Waals surface area contributed by atoms with Gasteiger partial charge in [-0.3, -0.25) is 4.79 Å². The molecule has 10 heteroatoms. The third-order valence-corrected chi connectivity index (χ3v) is 3.61. The van der Waals surface area contributed by atoms with Gasteiger partial charge >= 0.3 is 12.0 Å². The zero-order valence-corrected chi connectivity index (χ0v) is 12.1. The largest absolute Gasteiger partial charge is 0.485 e. The molecule has 3 nitrogen and oxygen atoms in total. The molecule has 0 unspecified atom stereocenters. The maximum atomic E-state index is 14.1. The van der Waals surface area contributed by atoms with Crippen molar-refractivity contribution >= 4 is 11.6 Å². The fourth-order valence-electron chi connectivity index (χ4n) is 2.32. The van der Waals surface area contributed by atoms with Gasteiger partial charge in [-0.15, -0.1) is 5.12 Å². The van der Waals surface area contributed by atoms with Gasteiger partial charge in [0, 0.05) is 5.56 Å². The lowest BCUT2D eigenvalue weighted by Gasteiger charge is -2.28. The minimum atomic E-state index is -4.46. The summed E-state index contributed by atoms with van der Waals surface area (Å²) in [7, 11) is 0. The van der Waals surface area contributed by atoms with Gasteiger partial charge in [-0.2, -0.15) is 8.78 Å². The van der Waals surface area contributed by atoms with Crippen LogP contribution in [0.3, 0.4) is 0 Å². The molecule has 0 N–H and O–H groups in total. The third-order valence-electron chi connectivity index (χ3n) is 3.61. The molecule has 0 saturated heterocycles. The van der Waals surface area contributed by atoms with Gasteiger partial charge in [0.2, 0.25) is 0 Å². The Labute approximate surface area is 135 Å². The Balaban J connectivity index is 2.22. The maximum Gasteiger partial charge on any atom is 0.485 e. The molecule has 3 rings (SSSR count). The van der Waals surface area contributed by atoms with Crippen molar-refractivity contribution in [1.29, 1.82) is 0 Å². The second-order valence-electron chi connectivity index (χ2n) is 5.14. The van der Waals surface area contributed by atoms with Gasteiger partial charge in [0.05, 0.1) is 5.56 Å². The average molecular weight is 365 g/mol. The van der Waals surface area contributed by atoms with Crippen molar-refractivity contribution in [2.45, 2.75) is 13.0 Å². The van der Waals surface area contributed by atoms with E-state index in [-0.39, 0.29) is 0 Å². The van der Waals surface area contributed by atoms with Crippen molar-refractivity contribution in [3.63, 3.8) is 0 Å². The fraction of sp³-hybridized carbons (Fsp3) is 0.133. The number of hydrogen-bond acceptors (Lipinski definition) is 2. The molecule has 1 amide bonds. The van der Waals surface area contributed by atoms with Gasteiger partial charge < -0.3 is 4.74 Å². The number of ether oxygens (including phenoxy) is 1. The third kappa shape index (κ3) is 2.39. The normalized spacial score (nSPS) is 15.8. The van der Waals surface area contributed by atoms with E-state index in [2.05, 4.69) is 4.74 Å². The minimum Gasteiger partial charge on any atom is -0.423 e. The highest BCUT2D eigenvalue weighted by Gasteiger charge is 2.51. The van der Waals surface area contributed by atoms with Crippen LogP contribution < -0.4 is 9.86 Å².